The molecule has 1 saturated heterocycles. The number of amides is 1. The highest BCUT2D eigenvalue weighted by Crippen LogP contribution is 2.24. The minimum Gasteiger partial charge on any atom is -0.322 e. The Bertz CT molecular complexity index is 1120. The molecule has 7 heteroatoms. The summed E-state index contributed by atoms with van der Waals surface area (Å²) in [6.45, 7) is 1.09. The molecule has 0 radical (unpaired) electrons. The van der Waals surface area contributed by atoms with Crippen molar-refractivity contribution in [2.75, 3.05) is 18.4 Å². The van der Waals surface area contributed by atoms with E-state index in [1.54, 1.807) is 30.5 Å². The number of carbonyl (C=O) groups is 1. The van der Waals surface area contributed by atoms with E-state index in [1.165, 1.54) is 10.4 Å². The molecule has 0 bridgehead atoms. The Labute approximate surface area is 164 Å². The Morgan fingerprint density at radius 1 is 0.964 bits per heavy atom. The molecule has 0 unspecified atom stereocenters. The van der Waals surface area contributed by atoms with Crippen LogP contribution in [-0.4, -0.2) is 36.7 Å². The highest BCUT2D eigenvalue weighted by atomic mass is 32.2. The van der Waals surface area contributed by atoms with Gasteiger partial charge in [-0.1, -0.05) is 30.7 Å². The SMILES string of the molecule is O=C(Nc1cccc(S(=O)(=O)N2CCCCC2)c1)c1ccnc2ccccc12. The predicted molar refractivity (Wildman–Crippen MR) is 109 cm³/mol. The molecular weight excluding hydrogens is 374 g/mol. The van der Waals surface area contributed by atoms with Crippen LogP contribution >= 0.6 is 0 Å². The molecule has 0 saturated carbocycles. The highest BCUT2D eigenvalue weighted by molar-refractivity contribution is 7.89. The van der Waals surface area contributed by atoms with Crippen LogP contribution in [0.3, 0.4) is 0 Å². The maximum Gasteiger partial charge on any atom is 0.256 e. The highest BCUT2D eigenvalue weighted by Gasteiger charge is 2.26. The maximum atomic E-state index is 12.9. The summed E-state index contributed by atoms with van der Waals surface area (Å²) >= 11 is 0. The van der Waals surface area contributed by atoms with Crippen molar-refractivity contribution in [3.63, 3.8) is 0 Å². The fourth-order valence-corrected chi connectivity index (χ4v) is 5.04. The van der Waals surface area contributed by atoms with Crippen LogP contribution in [0.1, 0.15) is 29.6 Å². The number of para-hydroxylation sites is 1. The standard InChI is InChI=1S/C21H21N3O3S/c25-21(19-11-12-22-20-10-3-2-9-18(19)20)23-16-7-6-8-17(15-16)28(26,27)24-13-4-1-5-14-24/h2-3,6-12,15H,1,4-5,13-14H2,(H,23,25). The smallest absolute Gasteiger partial charge is 0.256 e. The molecule has 4 rings (SSSR count). The van der Waals surface area contributed by atoms with E-state index in [2.05, 4.69) is 10.3 Å². The lowest BCUT2D eigenvalue weighted by molar-refractivity contribution is 0.102. The molecule has 2 aromatic carbocycles. The Morgan fingerprint density at radius 3 is 2.57 bits per heavy atom. The van der Waals surface area contributed by atoms with E-state index in [9.17, 15) is 13.2 Å². The van der Waals surface area contributed by atoms with Gasteiger partial charge in [-0.2, -0.15) is 4.31 Å². The number of piperidine rings is 1. The predicted octanol–water partition coefficient (Wildman–Crippen LogP) is 3.66. The minimum atomic E-state index is -3.55. The normalized spacial score (nSPS) is 15.4. The van der Waals surface area contributed by atoms with Gasteiger partial charge in [0, 0.05) is 30.4 Å². The van der Waals surface area contributed by atoms with Gasteiger partial charge in [0.1, 0.15) is 0 Å². The number of hydrogen-bond acceptors (Lipinski definition) is 4. The van der Waals surface area contributed by atoms with Gasteiger partial charge in [0.05, 0.1) is 16.0 Å². The molecular formula is C21H21N3O3S. The third-order valence-electron chi connectivity index (χ3n) is 4.94. The Morgan fingerprint density at radius 2 is 1.75 bits per heavy atom. The van der Waals surface area contributed by atoms with Crippen molar-refractivity contribution in [1.82, 2.24) is 9.29 Å². The van der Waals surface area contributed by atoms with Gasteiger partial charge in [-0.05, 0) is 43.2 Å². The lowest BCUT2D eigenvalue weighted by Gasteiger charge is -2.26. The van der Waals surface area contributed by atoms with Crippen molar-refractivity contribution in [2.24, 2.45) is 0 Å². The zero-order valence-corrected chi connectivity index (χ0v) is 16.2. The lowest BCUT2D eigenvalue weighted by atomic mass is 10.1. The van der Waals surface area contributed by atoms with Gasteiger partial charge in [-0.15, -0.1) is 0 Å². The molecule has 0 aliphatic carbocycles. The van der Waals surface area contributed by atoms with Gasteiger partial charge >= 0.3 is 0 Å². The molecule has 2 heterocycles. The summed E-state index contributed by atoms with van der Waals surface area (Å²) in [5.41, 5.74) is 1.68. The minimum absolute atomic E-state index is 0.201. The number of sulfonamides is 1. The van der Waals surface area contributed by atoms with Crippen LogP contribution < -0.4 is 5.32 Å². The van der Waals surface area contributed by atoms with Gasteiger partial charge in [0.15, 0.2) is 0 Å². The molecule has 1 aliphatic rings. The molecule has 0 atom stereocenters. The first-order valence-corrected chi connectivity index (χ1v) is 10.7. The summed E-state index contributed by atoms with van der Waals surface area (Å²) < 4.78 is 27.3. The number of rotatable bonds is 4. The van der Waals surface area contributed by atoms with Gasteiger partial charge in [-0.3, -0.25) is 9.78 Å². The maximum absolute atomic E-state index is 12.9. The summed E-state index contributed by atoms with van der Waals surface area (Å²) in [6.07, 6.45) is 4.41. The molecule has 1 N–H and O–H groups in total. The Kier molecular flexibility index (Phi) is 5.11. The number of aromatic nitrogens is 1. The van der Waals surface area contributed by atoms with Crippen molar-refractivity contribution in [2.45, 2.75) is 24.2 Å². The van der Waals surface area contributed by atoms with Crippen LogP contribution in [0.15, 0.2) is 65.7 Å². The summed E-state index contributed by atoms with van der Waals surface area (Å²) in [5, 5.41) is 3.57. The number of nitrogens with one attached hydrogen (secondary N) is 1. The molecule has 1 aromatic heterocycles. The monoisotopic (exact) mass is 395 g/mol. The largest absolute Gasteiger partial charge is 0.322 e. The second-order valence-electron chi connectivity index (χ2n) is 6.82. The average molecular weight is 395 g/mol. The molecule has 28 heavy (non-hydrogen) atoms. The van der Waals surface area contributed by atoms with E-state index in [0.717, 1.165) is 30.2 Å². The lowest BCUT2D eigenvalue weighted by Crippen LogP contribution is -2.35. The average Bonchev–Trinajstić information content (AvgIpc) is 2.74. The summed E-state index contributed by atoms with van der Waals surface area (Å²) in [5.74, 6) is -0.300. The van der Waals surface area contributed by atoms with Gasteiger partial charge in [0.2, 0.25) is 10.0 Å². The van der Waals surface area contributed by atoms with Crippen molar-refractivity contribution in [1.29, 1.82) is 0 Å². The van der Waals surface area contributed by atoms with Gasteiger partial charge in [-0.25, -0.2) is 8.42 Å². The molecule has 1 fully saturated rings. The first kappa shape index (κ1) is 18.6. The number of benzene rings is 2. The van der Waals surface area contributed by atoms with Crippen LogP contribution in [0.5, 0.6) is 0 Å². The molecule has 3 aromatic rings. The van der Waals surface area contributed by atoms with Gasteiger partial charge in [0.25, 0.3) is 5.91 Å². The van der Waals surface area contributed by atoms with Crippen molar-refractivity contribution >= 4 is 32.5 Å². The first-order chi connectivity index (χ1) is 13.6. The second kappa shape index (κ2) is 7.69. The van der Waals surface area contributed by atoms with Crippen molar-refractivity contribution in [3.8, 4) is 0 Å². The Hall–Kier alpha value is -2.77. The summed E-state index contributed by atoms with van der Waals surface area (Å²) in [6, 6.07) is 15.5. The summed E-state index contributed by atoms with van der Waals surface area (Å²) in [4.78, 5) is 17.3. The number of nitrogens with zero attached hydrogens (tertiary/aromatic N) is 2. The third kappa shape index (κ3) is 3.63. The zero-order valence-electron chi connectivity index (χ0n) is 15.3. The van der Waals surface area contributed by atoms with E-state index >= 15 is 0 Å². The van der Waals surface area contributed by atoms with E-state index in [4.69, 9.17) is 0 Å². The number of pyridine rings is 1. The van der Waals surface area contributed by atoms with E-state index in [-0.39, 0.29) is 10.8 Å². The zero-order chi connectivity index (χ0) is 19.6. The quantitative estimate of drug-likeness (QED) is 0.731. The number of hydrogen-bond donors (Lipinski definition) is 1. The van der Waals surface area contributed by atoms with Crippen LogP contribution in [0.2, 0.25) is 0 Å². The number of anilines is 1. The van der Waals surface area contributed by atoms with Crippen molar-refractivity contribution < 1.29 is 13.2 Å². The topological polar surface area (TPSA) is 79.4 Å². The van der Waals surface area contributed by atoms with Crippen LogP contribution in [0.25, 0.3) is 10.9 Å². The number of carbonyl (C=O) groups excluding carboxylic acids is 1. The van der Waals surface area contributed by atoms with Gasteiger partial charge < -0.3 is 5.32 Å². The molecule has 1 aliphatic heterocycles. The third-order valence-corrected chi connectivity index (χ3v) is 6.83. The Balaban J connectivity index is 1.60. The second-order valence-corrected chi connectivity index (χ2v) is 8.76. The van der Waals surface area contributed by atoms with Crippen LogP contribution in [0, 0.1) is 0 Å². The first-order valence-electron chi connectivity index (χ1n) is 9.31. The van der Waals surface area contributed by atoms with Crippen LogP contribution in [0.4, 0.5) is 5.69 Å². The molecule has 1 amide bonds. The fourth-order valence-electron chi connectivity index (χ4n) is 3.48. The van der Waals surface area contributed by atoms with Crippen LogP contribution in [-0.2, 0) is 10.0 Å². The van der Waals surface area contributed by atoms with E-state index in [1.807, 2.05) is 24.3 Å². The molecule has 6 nitrogen and oxygen atoms in total. The van der Waals surface area contributed by atoms with Crippen molar-refractivity contribution in [3.05, 3.63) is 66.4 Å². The molecule has 0 spiro atoms. The summed E-state index contributed by atoms with van der Waals surface area (Å²) in [7, 11) is -3.55. The number of fused-ring (bicyclic) bond motifs is 1. The van der Waals surface area contributed by atoms with E-state index < -0.39 is 10.0 Å². The molecule has 144 valence electrons. The fraction of sp³-hybridized carbons (Fsp3) is 0.238. The van der Waals surface area contributed by atoms with E-state index in [0.29, 0.717) is 24.3 Å².